The van der Waals surface area contributed by atoms with E-state index in [9.17, 15) is 17.6 Å². The molecule has 3 rings (SSSR count). The molecule has 0 radical (unpaired) electrons. The van der Waals surface area contributed by atoms with Gasteiger partial charge in [0.05, 0.1) is 24.5 Å². The lowest BCUT2D eigenvalue weighted by Gasteiger charge is -2.32. The van der Waals surface area contributed by atoms with Crippen molar-refractivity contribution in [2.24, 2.45) is 0 Å². The molecule has 0 unspecified atom stereocenters. The van der Waals surface area contributed by atoms with Gasteiger partial charge in [0.1, 0.15) is 5.82 Å². The maximum absolute atomic E-state index is 13.0. The van der Waals surface area contributed by atoms with Crippen LogP contribution in [0.25, 0.3) is 0 Å². The van der Waals surface area contributed by atoms with Crippen molar-refractivity contribution in [3.05, 3.63) is 71.5 Å². The first-order chi connectivity index (χ1) is 14.3. The fourth-order valence-corrected chi connectivity index (χ4v) is 5.12. The number of hydrogen-bond acceptors (Lipinski definition) is 4. The number of halogens is 1. The second-order valence-corrected chi connectivity index (χ2v) is 9.24. The van der Waals surface area contributed by atoms with Crippen molar-refractivity contribution < 1.29 is 27.4 Å². The van der Waals surface area contributed by atoms with E-state index in [0.29, 0.717) is 38.1 Å². The first-order valence-electron chi connectivity index (χ1n) is 9.72. The topological polar surface area (TPSA) is 95.9 Å². The van der Waals surface area contributed by atoms with E-state index in [1.807, 2.05) is 0 Å². The third-order valence-corrected chi connectivity index (χ3v) is 6.98. The van der Waals surface area contributed by atoms with E-state index in [2.05, 4.69) is 5.32 Å². The minimum absolute atomic E-state index is 0.0800. The largest absolute Gasteiger partial charge is 0.465 e. The normalized spacial score (nSPS) is 16.8. The second-order valence-electron chi connectivity index (χ2n) is 7.23. The van der Waals surface area contributed by atoms with Crippen LogP contribution in [0.3, 0.4) is 0 Å². The molecule has 1 atom stereocenters. The Morgan fingerprint density at radius 2 is 1.77 bits per heavy atom. The number of amides is 1. The lowest BCUT2D eigenvalue weighted by Crippen LogP contribution is -2.44. The number of hydrogen-bond donors (Lipinski definition) is 2. The van der Waals surface area contributed by atoms with Gasteiger partial charge < -0.3 is 15.2 Å². The van der Waals surface area contributed by atoms with Gasteiger partial charge in [-0.05, 0) is 36.1 Å². The molecule has 0 spiro atoms. The fourth-order valence-electron chi connectivity index (χ4n) is 3.44. The van der Waals surface area contributed by atoms with E-state index in [0.717, 1.165) is 5.56 Å². The molecule has 2 aromatic rings. The molecular weight excluding hydrogens is 411 g/mol. The third-order valence-electron chi connectivity index (χ3n) is 5.07. The van der Waals surface area contributed by atoms with E-state index < -0.39 is 22.2 Å². The molecule has 1 aliphatic heterocycles. The van der Waals surface area contributed by atoms with E-state index in [1.165, 1.54) is 16.4 Å². The number of benzene rings is 2. The molecule has 2 N–H and O–H groups in total. The number of sulfonamides is 1. The first kappa shape index (κ1) is 22.2. The van der Waals surface area contributed by atoms with Crippen molar-refractivity contribution in [3.63, 3.8) is 0 Å². The van der Waals surface area contributed by atoms with Gasteiger partial charge >= 0.3 is 6.09 Å². The molecule has 9 heteroatoms. The zero-order chi connectivity index (χ0) is 21.6. The second kappa shape index (κ2) is 10.0. The Labute approximate surface area is 175 Å². The van der Waals surface area contributed by atoms with Crippen molar-refractivity contribution in [1.29, 1.82) is 0 Å². The zero-order valence-corrected chi connectivity index (χ0v) is 17.2. The maximum Gasteiger partial charge on any atom is 0.405 e. The number of nitrogens with one attached hydrogen (secondary N) is 1. The zero-order valence-electron chi connectivity index (χ0n) is 16.4. The molecule has 1 amide bonds. The Morgan fingerprint density at radius 3 is 2.37 bits per heavy atom. The van der Waals surface area contributed by atoms with Crippen molar-refractivity contribution >= 4 is 16.1 Å². The summed E-state index contributed by atoms with van der Waals surface area (Å²) in [5.74, 6) is -0.645. The molecule has 1 fully saturated rings. The SMILES string of the molecule is O=C(O)N[C@@H](CS(=O)(=O)N1CCC(OCc2ccc(F)cc2)CC1)c1ccccc1. The van der Waals surface area contributed by atoms with Gasteiger partial charge in [-0.3, -0.25) is 0 Å². The minimum Gasteiger partial charge on any atom is -0.465 e. The maximum atomic E-state index is 13.0. The predicted octanol–water partition coefficient (Wildman–Crippen LogP) is 3.15. The summed E-state index contributed by atoms with van der Waals surface area (Å²) in [4.78, 5) is 11.1. The van der Waals surface area contributed by atoms with Crippen LogP contribution < -0.4 is 5.32 Å². The Morgan fingerprint density at radius 1 is 1.13 bits per heavy atom. The van der Waals surface area contributed by atoms with Gasteiger partial charge in [0.2, 0.25) is 10.0 Å². The average molecular weight is 437 g/mol. The number of carbonyl (C=O) groups is 1. The number of ether oxygens (including phenoxy) is 1. The summed E-state index contributed by atoms with van der Waals surface area (Å²) in [6.07, 6.45) is -0.263. The lowest BCUT2D eigenvalue weighted by atomic mass is 10.1. The van der Waals surface area contributed by atoms with Crippen molar-refractivity contribution in [1.82, 2.24) is 9.62 Å². The van der Waals surface area contributed by atoms with Crippen LogP contribution in [0.15, 0.2) is 54.6 Å². The summed E-state index contributed by atoms with van der Waals surface area (Å²) < 4.78 is 46.0. The minimum atomic E-state index is -3.66. The summed E-state index contributed by atoms with van der Waals surface area (Å²) in [6.45, 7) is 0.965. The van der Waals surface area contributed by atoms with E-state index in [1.54, 1.807) is 42.5 Å². The third kappa shape index (κ3) is 6.25. The van der Waals surface area contributed by atoms with E-state index in [4.69, 9.17) is 9.84 Å². The van der Waals surface area contributed by atoms with Crippen LogP contribution >= 0.6 is 0 Å². The van der Waals surface area contributed by atoms with Crippen LogP contribution in [0.4, 0.5) is 9.18 Å². The molecule has 1 aliphatic rings. The Kier molecular flexibility index (Phi) is 7.41. The molecule has 1 heterocycles. The Bertz CT molecular complexity index is 930. The van der Waals surface area contributed by atoms with Crippen LogP contribution in [0.2, 0.25) is 0 Å². The average Bonchev–Trinajstić information content (AvgIpc) is 2.73. The van der Waals surface area contributed by atoms with Gasteiger partial charge in [0.25, 0.3) is 0 Å². The van der Waals surface area contributed by atoms with E-state index in [-0.39, 0.29) is 17.7 Å². The van der Waals surface area contributed by atoms with Gasteiger partial charge in [-0.1, -0.05) is 42.5 Å². The van der Waals surface area contributed by atoms with Crippen LogP contribution in [0.5, 0.6) is 0 Å². The quantitative estimate of drug-likeness (QED) is 0.663. The molecule has 0 aliphatic carbocycles. The fraction of sp³-hybridized carbons (Fsp3) is 0.381. The summed E-state index contributed by atoms with van der Waals surface area (Å²) in [7, 11) is -3.66. The highest BCUT2D eigenvalue weighted by Crippen LogP contribution is 2.22. The summed E-state index contributed by atoms with van der Waals surface area (Å²) in [6, 6.07) is 13.9. The lowest BCUT2D eigenvalue weighted by molar-refractivity contribution is 0.0102. The highest BCUT2D eigenvalue weighted by Gasteiger charge is 2.31. The molecule has 30 heavy (non-hydrogen) atoms. The molecule has 162 valence electrons. The molecule has 0 aromatic heterocycles. The standard InChI is InChI=1S/C21H25FN2O5S/c22-18-8-6-16(7-9-18)14-29-19-10-12-24(13-11-19)30(27,28)15-20(23-21(25)26)17-4-2-1-3-5-17/h1-9,19-20,23H,10-15H2,(H,25,26)/t20-/m0/s1. The molecular formula is C21H25FN2O5S. The predicted molar refractivity (Wildman–Crippen MR) is 110 cm³/mol. The van der Waals surface area contributed by atoms with Gasteiger partial charge in [0.15, 0.2) is 0 Å². The number of rotatable bonds is 8. The van der Waals surface area contributed by atoms with Gasteiger partial charge in [-0.2, -0.15) is 0 Å². The highest BCUT2D eigenvalue weighted by molar-refractivity contribution is 7.89. The number of carboxylic acid groups (broad SMARTS) is 1. The molecule has 2 aromatic carbocycles. The van der Waals surface area contributed by atoms with Crippen LogP contribution in [0.1, 0.15) is 30.0 Å². The van der Waals surface area contributed by atoms with Crippen LogP contribution in [0, 0.1) is 5.82 Å². The summed E-state index contributed by atoms with van der Waals surface area (Å²) in [5.41, 5.74) is 1.46. The first-order valence-corrected chi connectivity index (χ1v) is 11.3. The molecule has 0 bridgehead atoms. The van der Waals surface area contributed by atoms with Crippen molar-refractivity contribution in [2.75, 3.05) is 18.8 Å². The molecule has 1 saturated heterocycles. The van der Waals surface area contributed by atoms with Gasteiger partial charge in [-0.15, -0.1) is 0 Å². The van der Waals surface area contributed by atoms with Gasteiger partial charge in [-0.25, -0.2) is 21.9 Å². The smallest absolute Gasteiger partial charge is 0.405 e. The highest BCUT2D eigenvalue weighted by atomic mass is 32.2. The van der Waals surface area contributed by atoms with Crippen LogP contribution in [-0.4, -0.2) is 48.9 Å². The number of nitrogens with zero attached hydrogens (tertiary/aromatic N) is 1. The van der Waals surface area contributed by atoms with E-state index >= 15 is 0 Å². The van der Waals surface area contributed by atoms with Crippen LogP contribution in [-0.2, 0) is 21.4 Å². The van der Waals surface area contributed by atoms with Gasteiger partial charge in [0, 0.05) is 13.1 Å². The summed E-state index contributed by atoms with van der Waals surface area (Å²) >= 11 is 0. The van der Waals surface area contributed by atoms with Crippen molar-refractivity contribution in [3.8, 4) is 0 Å². The summed E-state index contributed by atoms with van der Waals surface area (Å²) in [5, 5.41) is 11.4. The van der Waals surface area contributed by atoms with Crippen molar-refractivity contribution in [2.45, 2.75) is 31.6 Å². The Balaban J connectivity index is 1.55. The number of piperidine rings is 1. The molecule has 7 nitrogen and oxygen atoms in total. The molecule has 0 saturated carbocycles. The Hall–Kier alpha value is -2.49. The monoisotopic (exact) mass is 436 g/mol.